The minimum Gasteiger partial charge on any atom is -0.299 e. The van der Waals surface area contributed by atoms with E-state index in [4.69, 9.17) is 25.2 Å². The van der Waals surface area contributed by atoms with E-state index in [1.165, 1.54) is 6.08 Å². The Morgan fingerprint density at radius 3 is 0.875 bits per heavy atom. The van der Waals surface area contributed by atoms with Gasteiger partial charge in [0, 0.05) is 0 Å². The van der Waals surface area contributed by atoms with Crippen molar-refractivity contribution < 1.29 is 14.4 Å². The monoisotopic (exact) mass is 238 g/mol. The molecular formula is C11H30N2O3. The fraction of sp³-hybridized carbons (Fsp3) is 0.545. The summed E-state index contributed by atoms with van der Waals surface area (Å²) in [5.41, 5.74) is 0. The van der Waals surface area contributed by atoms with E-state index in [1.807, 2.05) is 0 Å². The Kier molecular flexibility index (Phi) is 2380. The molecule has 0 saturated heterocycles. The van der Waals surface area contributed by atoms with Crippen molar-refractivity contribution in [1.29, 1.82) is 10.8 Å². The van der Waals surface area contributed by atoms with Crippen molar-refractivity contribution in [3.8, 4) is 0 Å². The highest BCUT2D eigenvalue weighted by Crippen LogP contribution is 1.35. The van der Waals surface area contributed by atoms with Gasteiger partial charge in [-0.3, -0.25) is 4.79 Å². The Labute approximate surface area is 102 Å². The van der Waals surface area contributed by atoms with Crippen molar-refractivity contribution in [3.63, 3.8) is 0 Å². The van der Waals surface area contributed by atoms with Crippen molar-refractivity contribution >= 4 is 18.4 Å². The zero-order chi connectivity index (χ0) is 8.83. The molecule has 5 nitrogen and oxygen atoms in total. The molecule has 0 unspecified atom stereocenters. The second-order valence-electron chi connectivity index (χ2n) is 0.576. The highest BCUT2D eigenvalue weighted by Gasteiger charge is 1.38. The Balaban J connectivity index is -0.00000000558. The summed E-state index contributed by atoms with van der Waals surface area (Å²) in [7, 11) is 0. The average molecular weight is 238 g/mol. The lowest BCUT2D eigenvalue weighted by atomic mass is 10.8. The van der Waals surface area contributed by atoms with E-state index < -0.39 is 0 Å². The van der Waals surface area contributed by atoms with Crippen molar-refractivity contribution in [2.24, 2.45) is 0 Å². The van der Waals surface area contributed by atoms with Crippen molar-refractivity contribution in [2.75, 3.05) is 0 Å². The van der Waals surface area contributed by atoms with E-state index >= 15 is 0 Å². The minimum atomic E-state index is 0. The molecule has 0 rings (SSSR count). The SMILES string of the molecule is C.C.C.C.C.C.C=CC=O.N=C=O.N=C=O. The molecule has 0 radical (unpaired) electrons. The minimum absolute atomic E-state index is 0. The molecule has 0 saturated carbocycles. The van der Waals surface area contributed by atoms with Gasteiger partial charge in [-0.15, -0.1) is 0 Å². The molecular weight excluding hydrogens is 208 g/mol. The largest absolute Gasteiger partial charge is 0.299 e. The summed E-state index contributed by atoms with van der Waals surface area (Å²) >= 11 is 0. The molecule has 0 amide bonds. The molecule has 102 valence electrons. The van der Waals surface area contributed by atoms with Crippen LogP contribution in [-0.2, 0) is 14.4 Å². The molecule has 0 atom stereocenters. The van der Waals surface area contributed by atoms with Gasteiger partial charge >= 0.3 is 0 Å². The number of rotatable bonds is 1. The van der Waals surface area contributed by atoms with Gasteiger partial charge in [-0.1, -0.05) is 51.1 Å². The molecule has 5 heteroatoms. The highest BCUT2D eigenvalue weighted by molar-refractivity contribution is 5.63. The molecule has 16 heavy (non-hydrogen) atoms. The fourth-order valence-electron chi connectivity index (χ4n) is 0. The standard InChI is InChI=1S/C3H4O.2CHNO.6CH4/c1-2-3-4;2*2-1-3;;;;;;/h2-3H,1H2;2*2H;6*1H4. The summed E-state index contributed by atoms with van der Waals surface area (Å²) in [4.78, 5) is 25.8. The van der Waals surface area contributed by atoms with Crippen LogP contribution in [0, 0.1) is 10.8 Å². The second-order valence-corrected chi connectivity index (χ2v) is 0.576. The van der Waals surface area contributed by atoms with E-state index in [-0.39, 0.29) is 44.6 Å². The quantitative estimate of drug-likeness (QED) is 0.312. The fourth-order valence-corrected chi connectivity index (χ4v) is 0. The number of hydrogen-bond donors (Lipinski definition) is 2. The predicted molar refractivity (Wildman–Crippen MR) is 73.5 cm³/mol. The van der Waals surface area contributed by atoms with Gasteiger partial charge in [-0.25, -0.2) is 20.4 Å². The topological polar surface area (TPSA) is 98.9 Å². The molecule has 2 N–H and O–H groups in total. The average Bonchev–Trinajstić information content (AvgIpc) is 1.91. The van der Waals surface area contributed by atoms with Crippen molar-refractivity contribution in [1.82, 2.24) is 0 Å². The number of carbonyl (C=O) groups excluding carboxylic acids is 3. The second kappa shape index (κ2) is 414. The smallest absolute Gasteiger partial charge is 0.231 e. The summed E-state index contributed by atoms with van der Waals surface area (Å²) < 4.78 is 0. The number of hydrogen-bond acceptors (Lipinski definition) is 5. The first-order valence-corrected chi connectivity index (χ1v) is 1.89. The van der Waals surface area contributed by atoms with Crippen LogP contribution in [0.1, 0.15) is 44.6 Å². The highest BCUT2D eigenvalue weighted by atomic mass is 16.1. The molecule has 0 fully saturated rings. The van der Waals surface area contributed by atoms with Crippen LogP contribution in [0.15, 0.2) is 12.7 Å². The first-order valence-electron chi connectivity index (χ1n) is 1.89. The van der Waals surface area contributed by atoms with Crippen LogP contribution in [-0.4, -0.2) is 18.4 Å². The number of carbonyl (C=O) groups is 1. The molecule has 0 aromatic heterocycles. The molecule has 0 aromatic carbocycles. The third kappa shape index (κ3) is 2200. The lowest BCUT2D eigenvalue weighted by Crippen LogP contribution is -1.44. The Hall–Kier alpha value is -1.83. The van der Waals surface area contributed by atoms with E-state index in [0.717, 1.165) is 12.2 Å². The zero-order valence-electron chi connectivity index (χ0n) is 5.09. The Bertz CT molecular complexity index is 127. The van der Waals surface area contributed by atoms with E-state index in [9.17, 15) is 0 Å². The van der Waals surface area contributed by atoms with Gasteiger partial charge in [0.1, 0.15) is 6.29 Å². The molecule has 0 spiro atoms. The molecule has 0 heterocycles. The summed E-state index contributed by atoms with van der Waals surface area (Å²) in [5, 5.41) is 10.8. The van der Waals surface area contributed by atoms with Crippen molar-refractivity contribution in [2.45, 2.75) is 44.6 Å². The van der Waals surface area contributed by atoms with Crippen LogP contribution >= 0.6 is 0 Å². The third-order valence-corrected chi connectivity index (χ3v) is 0.0962. The van der Waals surface area contributed by atoms with Crippen LogP contribution in [0.25, 0.3) is 0 Å². The van der Waals surface area contributed by atoms with Crippen LogP contribution in [0.2, 0.25) is 0 Å². The molecule has 0 aliphatic rings. The first kappa shape index (κ1) is 92.0. The van der Waals surface area contributed by atoms with Crippen molar-refractivity contribution in [3.05, 3.63) is 12.7 Å². The summed E-state index contributed by atoms with van der Waals surface area (Å²) in [6.07, 6.45) is 3.33. The lowest BCUT2D eigenvalue weighted by Gasteiger charge is -1.37. The number of allylic oxidation sites excluding steroid dienone is 1. The lowest BCUT2D eigenvalue weighted by molar-refractivity contribution is -0.104. The Morgan fingerprint density at radius 2 is 0.875 bits per heavy atom. The normalized spacial score (nSPS) is 2.25. The van der Waals surface area contributed by atoms with Crippen LogP contribution in [0.3, 0.4) is 0 Å². The maximum Gasteiger partial charge on any atom is 0.231 e. The maximum atomic E-state index is 9.06. The molecule has 0 aliphatic heterocycles. The summed E-state index contributed by atoms with van der Waals surface area (Å²) in [5.74, 6) is 0. The van der Waals surface area contributed by atoms with E-state index in [1.54, 1.807) is 0 Å². The predicted octanol–water partition coefficient (Wildman–Crippen LogP) is 3.99. The van der Waals surface area contributed by atoms with Gasteiger partial charge < -0.3 is 0 Å². The van der Waals surface area contributed by atoms with Gasteiger partial charge in [-0.05, 0) is 6.08 Å². The van der Waals surface area contributed by atoms with Gasteiger partial charge in [0.15, 0.2) is 0 Å². The van der Waals surface area contributed by atoms with Crippen LogP contribution in [0.5, 0.6) is 0 Å². The first-order chi connectivity index (χ1) is 4.74. The summed E-state index contributed by atoms with van der Waals surface area (Å²) in [6, 6.07) is 0. The van der Waals surface area contributed by atoms with Gasteiger partial charge in [0.2, 0.25) is 12.2 Å². The third-order valence-electron chi connectivity index (χ3n) is 0.0962. The number of aldehydes is 1. The summed E-state index contributed by atoms with van der Waals surface area (Å²) in [6.45, 7) is 3.11. The molecule has 0 aromatic rings. The Morgan fingerprint density at radius 1 is 0.812 bits per heavy atom. The van der Waals surface area contributed by atoms with Crippen LogP contribution in [0.4, 0.5) is 0 Å². The van der Waals surface area contributed by atoms with Crippen LogP contribution < -0.4 is 0 Å². The van der Waals surface area contributed by atoms with E-state index in [0.29, 0.717) is 6.29 Å². The molecule has 0 bridgehead atoms. The van der Waals surface area contributed by atoms with E-state index in [2.05, 4.69) is 6.58 Å². The number of isocyanates is 2. The number of nitrogens with one attached hydrogen (secondary N) is 2. The maximum absolute atomic E-state index is 9.06. The molecule has 0 aliphatic carbocycles. The van der Waals surface area contributed by atoms with Gasteiger partial charge in [0.05, 0.1) is 0 Å². The van der Waals surface area contributed by atoms with Gasteiger partial charge in [0.25, 0.3) is 0 Å². The zero-order valence-corrected chi connectivity index (χ0v) is 5.09. The van der Waals surface area contributed by atoms with Gasteiger partial charge in [-0.2, -0.15) is 0 Å².